The van der Waals surface area contributed by atoms with Crippen LogP contribution in [0.5, 0.6) is 0 Å². The third-order valence-corrected chi connectivity index (χ3v) is 4.19. The van der Waals surface area contributed by atoms with Gasteiger partial charge < -0.3 is 10.0 Å². The van der Waals surface area contributed by atoms with Gasteiger partial charge >= 0.3 is 0 Å². The van der Waals surface area contributed by atoms with Crippen LogP contribution in [0.3, 0.4) is 0 Å². The lowest BCUT2D eigenvalue weighted by Gasteiger charge is -2.32. The summed E-state index contributed by atoms with van der Waals surface area (Å²) in [4.78, 5) is 14.2. The van der Waals surface area contributed by atoms with Crippen molar-refractivity contribution in [2.24, 2.45) is 5.92 Å². The van der Waals surface area contributed by atoms with Crippen molar-refractivity contribution in [2.75, 3.05) is 13.1 Å². The smallest absolute Gasteiger partial charge is 0.254 e. The lowest BCUT2D eigenvalue weighted by atomic mass is 9.94. The number of nitrogens with zero attached hydrogens (tertiary/aromatic N) is 1. The van der Waals surface area contributed by atoms with Crippen molar-refractivity contribution in [3.8, 4) is 0 Å². The molecular weight excluding hydrogens is 238 g/mol. The molecule has 1 aliphatic heterocycles. The van der Waals surface area contributed by atoms with E-state index in [-0.39, 0.29) is 11.8 Å². The number of aliphatic hydroxyl groups excluding tert-OH is 1. The van der Waals surface area contributed by atoms with Crippen molar-refractivity contribution in [3.05, 3.63) is 35.4 Å². The van der Waals surface area contributed by atoms with Crippen LogP contribution in [0.2, 0.25) is 0 Å². The van der Waals surface area contributed by atoms with Crippen LogP contribution in [0.25, 0.3) is 0 Å². The fourth-order valence-electron chi connectivity index (χ4n) is 2.86. The van der Waals surface area contributed by atoms with E-state index in [0.717, 1.165) is 30.4 Å². The van der Waals surface area contributed by atoms with Crippen LogP contribution >= 0.6 is 0 Å². The van der Waals surface area contributed by atoms with E-state index >= 15 is 0 Å². The topological polar surface area (TPSA) is 40.5 Å². The second-order valence-corrected chi connectivity index (χ2v) is 5.30. The first-order chi connectivity index (χ1) is 9.17. The number of fused-ring (bicyclic) bond motifs is 1. The van der Waals surface area contributed by atoms with Crippen LogP contribution in [0.1, 0.15) is 42.6 Å². The molecule has 0 aromatic heterocycles. The molecule has 1 N–H and O–H groups in total. The first-order valence-electron chi connectivity index (χ1n) is 7.22. The molecule has 0 radical (unpaired) electrons. The number of β-amino-alcohol motifs (C(OH)–C–C–N with tert-alkyl or cyclic N) is 1. The number of hydrogen-bond donors (Lipinski definition) is 1. The molecule has 1 atom stereocenters. The Morgan fingerprint density at radius 2 is 1.95 bits per heavy atom. The van der Waals surface area contributed by atoms with E-state index in [2.05, 4.69) is 13.8 Å². The molecular formula is C16H23NO2. The fourth-order valence-corrected chi connectivity index (χ4v) is 2.86. The molecule has 1 heterocycles. The number of carbonyl (C=O) groups is 1. The molecule has 3 heteroatoms. The summed E-state index contributed by atoms with van der Waals surface area (Å²) >= 11 is 0. The molecule has 1 aromatic rings. The van der Waals surface area contributed by atoms with E-state index in [1.807, 2.05) is 24.3 Å². The molecule has 104 valence electrons. The number of hydrogen-bond acceptors (Lipinski definition) is 2. The standard InChI is InChI=1S/C16H23NO2/c1-3-12(4-2)15(18)11-17-10-9-13-7-5-6-8-14(13)16(17)19/h5-8,12,15,18H,3-4,9-11H2,1-2H3. The Kier molecular flexibility index (Phi) is 4.59. The molecule has 1 unspecified atom stereocenters. The van der Waals surface area contributed by atoms with Gasteiger partial charge in [-0.3, -0.25) is 4.79 Å². The third-order valence-electron chi connectivity index (χ3n) is 4.19. The zero-order valence-corrected chi connectivity index (χ0v) is 11.8. The predicted octanol–water partition coefficient (Wildman–Crippen LogP) is 2.48. The summed E-state index contributed by atoms with van der Waals surface area (Å²) in [5, 5.41) is 10.2. The quantitative estimate of drug-likeness (QED) is 0.884. The maximum Gasteiger partial charge on any atom is 0.254 e. The molecule has 0 bridgehead atoms. The second-order valence-electron chi connectivity index (χ2n) is 5.30. The van der Waals surface area contributed by atoms with Crippen LogP contribution < -0.4 is 0 Å². The van der Waals surface area contributed by atoms with Gasteiger partial charge in [0.05, 0.1) is 6.10 Å². The second kappa shape index (κ2) is 6.20. The van der Waals surface area contributed by atoms with Crippen molar-refractivity contribution in [2.45, 2.75) is 39.2 Å². The maximum atomic E-state index is 12.4. The van der Waals surface area contributed by atoms with Gasteiger partial charge in [-0.05, 0) is 24.0 Å². The Hall–Kier alpha value is -1.35. The van der Waals surface area contributed by atoms with Crippen LogP contribution in [0.4, 0.5) is 0 Å². The van der Waals surface area contributed by atoms with E-state index in [1.165, 1.54) is 0 Å². The Bertz CT molecular complexity index is 440. The number of rotatable bonds is 5. The monoisotopic (exact) mass is 261 g/mol. The normalized spacial score (nSPS) is 16.6. The number of aliphatic hydroxyl groups is 1. The highest BCUT2D eigenvalue weighted by atomic mass is 16.3. The van der Waals surface area contributed by atoms with E-state index < -0.39 is 6.10 Å². The maximum absolute atomic E-state index is 12.4. The Morgan fingerprint density at radius 3 is 2.63 bits per heavy atom. The number of amides is 1. The molecule has 2 rings (SSSR count). The summed E-state index contributed by atoms with van der Waals surface area (Å²) < 4.78 is 0. The number of carbonyl (C=O) groups excluding carboxylic acids is 1. The van der Waals surface area contributed by atoms with E-state index in [0.29, 0.717) is 13.1 Å². The average molecular weight is 261 g/mol. The minimum absolute atomic E-state index is 0.0619. The first kappa shape index (κ1) is 14.1. The van der Waals surface area contributed by atoms with Crippen LogP contribution in [-0.2, 0) is 6.42 Å². The van der Waals surface area contributed by atoms with Crippen molar-refractivity contribution in [1.29, 1.82) is 0 Å². The van der Waals surface area contributed by atoms with Crippen molar-refractivity contribution in [3.63, 3.8) is 0 Å². The lowest BCUT2D eigenvalue weighted by Crippen LogP contribution is -2.44. The minimum Gasteiger partial charge on any atom is -0.391 e. The summed E-state index contributed by atoms with van der Waals surface area (Å²) in [7, 11) is 0. The first-order valence-corrected chi connectivity index (χ1v) is 7.22. The average Bonchev–Trinajstić information content (AvgIpc) is 2.43. The zero-order valence-electron chi connectivity index (χ0n) is 11.8. The molecule has 1 aliphatic rings. The Morgan fingerprint density at radius 1 is 1.26 bits per heavy atom. The molecule has 1 aromatic carbocycles. The van der Waals surface area contributed by atoms with Gasteiger partial charge in [-0.15, -0.1) is 0 Å². The van der Waals surface area contributed by atoms with Gasteiger partial charge in [0, 0.05) is 18.7 Å². The van der Waals surface area contributed by atoms with Crippen molar-refractivity contribution < 1.29 is 9.90 Å². The van der Waals surface area contributed by atoms with Gasteiger partial charge in [-0.25, -0.2) is 0 Å². The highest BCUT2D eigenvalue weighted by molar-refractivity contribution is 5.96. The highest BCUT2D eigenvalue weighted by Gasteiger charge is 2.27. The van der Waals surface area contributed by atoms with Gasteiger partial charge in [0.25, 0.3) is 5.91 Å². The van der Waals surface area contributed by atoms with E-state index in [9.17, 15) is 9.90 Å². The lowest BCUT2D eigenvalue weighted by molar-refractivity contribution is 0.0438. The SMILES string of the molecule is CCC(CC)C(O)CN1CCc2ccccc2C1=O. The molecule has 0 spiro atoms. The predicted molar refractivity (Wildman–Crippen MR) is 76.1 cm³/mol. The zero-order chi connectivity index (χ0) is 13.8. The Labute approximate surface area is 115 Å². The van der Waals surface area contributed by atoms with Crippen LogP contribution in [-0.4, -0.2) is 35.1 Å². The van der Waals surface area contributed by atoms with E-state index in [1.54, 1.807) is 4.90 Å². The molecule has 19 heavy (non-hydrogen) atoms. The summed E-state index contributed by atoms with van der Waals surface area (Å²) in [5.41, 5.74) is 1.92. The Balaban J connectivity index is 2.06. The van der Waals surface area contributed by atoms with Gasteiger partial charge in [-0.2, -0.15) is 0 Å². The van der Waals surface area contributed by atoms with Crippen LogP contribution in [0.15, 0.2) is 24.3 Å². The highest BCUT2D eigenvalue weighted by Crippen LogP contribution is 2.21. The van der Waals surface area contributed by atoms with Gasteiger partial charge in [-0.1, -0.05) is 44.9 Å². The summed E-state index contributed by atoms with van der Waals surface area (Å²) in [5.74, 6) is 0.344. The van der Waals surface area contributed by atoms with Gasteiger partial charge in [0.1, 0.15) is 0 Å². The third kappa shape index (κ3) is 2.98. The largest absolute Gasteiger partial charge is 0.391 e. The van der Waals surface area contributed by atoms with Gasteiger partial charge in [0.15, 0.2) is 0 Å². The van der Waals surface area contributed by atoms with Gasteiger partial charge in [0.2, 0.25) is 0 Å². The fraction of sp³-hybridized carbons (Fsp3) is 0.562. The number of benzene rings is 1. The summed E-state index contributed by atoms with van der Waals surface area (Å²) in [6.07, 6.45) is 2.38. The minimum atomic E-state index is -0.413. The molecule has 0 aliphatic carbocycles. The van der Waals surface area contributed by atoms with Crippen LogP contribution in [0, 0.1) is 5.92 Å². The molecule has 3 nitrogen and oxygen atoms in total. The summed E-state index contributed by atoms with van der Waals surface area (Å²) in [6, 6.07) is 7.77. The van der Waals surface area contributed by atoms with Crippen molar-refractivity contribution in [1.82, 2.24) is 4.90 Å². The van der Waals surface area contributed by atoms with Crippen molar-refractivity contribution >= 4 is 5.91 Å². The molecule has 0 saturated heterocycles. The molecule has 1 amide bonds. The molecule has 0 saturated carbocycles. The molecule has 0 fully saturated rings. The summed E-state index contributed by atoms with van der Waals surface area (Å²) in [6.45, 7) is 5.35. The van der Waals surface area contributed by atoms with E-state index in [4.69, 9.17) is 0 Å².